The number of allylic oxidation sites excluding steroid dienone is 2. The van der Waals surface area contributed by atoms with Crippen LogP contribution in [0, 0.1) is 24.7 Å². The molecule has 0 saturated heterocycles. The van der Waals surface area contributed by atoms with E-state index in [1.165, 1.54) is 49.0 Å². The SMILES string of the molecule is CC[C@H]1CC[C@H](C2CC=C(c3cnc(-c4ccc(CN(CC(=O)O)C(=O)CNC(=O)Cc5ccc(C)cc5)cc4)nc3)CC2)CC1. The van der Waals surface area contributed by atoms with Crippen molar-refractivity contribution >= 4 is 23.4 Å². The molecule has 0 aliphatic heterocycles. The number of benzene rings is 2. The number of nitrogens with one attached hydrogen (secondary N) is 1. The lowest BCUT2D eigenvalue weighted by molar-refractivity contribution is -0.144. The van der Waals surface area contributed by atoms with Gasteiger partial charge in [0.1, 0.15) is 6.54 Å². The molecule has 1 saturated carbocycles. The molecule has 3 aromatic rings. The summed E-state index contributed by atoms with van der Waals surface area (Å²) < 4.78 is 0. The van der Waals surface area contributed by atoms with E-state index in [2.05, 4.69) is 28.3 Å². The smallest absolute Gasteiger partial charge is 0.323 e. The maximum atomic E-state index is 12.9. The Kier molecular flexibility index (Phi) is 11.3. The first-order valence-corrected chi connectivity index (χ1v) is 16.7. The van der Waals surface area contributed by atoms with Gasteiger partial charge in [0.15, 0.2) is 5.82 Å². The van der Waals surface area contributed by atoms with Crippen molar-refractivity contribution in [2.45, 2.75) is 78.2 Å². The van der Waals surface area contributed by atoms with Crippen LogP contribution >= 0.6 is 0 Å². The number of hydrogen-bond acceptors (Lipinski definition) is 5. The van der Waals surface area contributed by atoms with Crippen molar-refractivity contribution in [1.82, 2.24) is 20.2 Å². The number of nitrogens with zero attached hydrogens (tertiary/aromatic N) is 3. The molecular weight excluding hydrogens is 576 g/mol. The van der Waals surface area contributed by atoms with E-state index in [0.29, 0.717) is 5.82 Å². The number of rotatable bonds is 12. The molecule has 0 bridgehead atoms. The van der Waals surface area contributed by atoms with Crippen molar-refractivity contribution < 1.29 is 19.5 Å². The van der Waals surface area contributed by atoms with Gasteiger partial charge in [0, 0.05) is 30.1 Å². The largest absolute Gasteiger partial charge is 0.480 e. The zero-order chi connectivity index (χ0) is 32.5. The van der Waals surface area contributed by atoms with Gasteiger partial charge in [-0.05, 0) is 73.5 Å². The molecule has 0 spiro atoms. The molecule has 0 radical (unpaired) electrons. The highest BCUT2D eigenvalue weighted by atomic mass is 16.4. The fourth-order valence-electron chi connectivity index (χ4n) is 6.87. The summed E-state index contributed by atoms with van der Waals surface area (Å²) in [5, 5.41) is 12.0. The number of carbonyl (C=O) groups excluding carboxylic acids is 2. The van der Waals surface area contributed by atoms with Gasteiger partial charge in [-0.3, -0.25) is 14.4 Å². The van der Waals surface area contributed by atoms with Gasteiger partial charge in [0.2, 0.25) is 11.8 Å². The highest BCUT2D eigenvalue weighted by molar-refractivity contribution is 5.87. The lowest BCUT2D eigenvalue weighted by Gasteiger charge is -2.35. The Bertz CT molecular complexity index is 1510. The fourth-order valence-corrected chi connectivity index (χ4v) is 6.87. The van der Waals surface area contributed by atoms with Crippen LogP contribution in [0.4, 0.5) is 0 Å². The Labute approximate surface area is 272 Å². The molecule has 2 aliphatic carbocycles. The van der Waals surface area contributed by atoms with Gasteiger partial charge >= 0.3 is 5.97 Å². The van der Waals surface area contributed by atoms with Gasteiger partial charge in [-0.25, -0.2) is 9.97 Å². The van der Waals surface area contributed by atoms with Crippen molar-refractivity contribution in [3.63, 3.8) is 0 Å². The van der Waals surface area contributed by atoms with E-state index in [1.54, 1.807) is 0 Å². The third kappa shape index (κ3) is 9.12. The van der Waals surface area contributed by atoms with Crippen molar-refractivity contribution in [1.29, 1.82) is 0 Å². The van der Waals surface area contributed by atoms with E-state index >= 15 is 0 Å². The standard InChI is InChI=1S/C38H46N4O4/c1-3-27-8-12-30(13-9-27)31-16-18-32(19-17-31)34-21-40-38(41-22-34)33-14-10-29(11-15-33)24-42(25-37(45)46)36(44)23-39-35(43)20-28-6-4-26(2)5-7-28/h4-7,10-11,14-15,18,21-22,27,30-31H,3,8-9,12-13,16-17,19-20,23-25H2,1-2H3,(H,39,43)(H,45,46)/t27-,30-,31?. The third-order valence-electron chi connectivity index (χ3n) is 9.80. The van der Waals surface area contributed by atoms with Crippen molar-refractivity contribution in [3.05, 3.63) is 89.3 Å². The number of carboxylic acids is 1. The molecule has 2 amide bonds. The molecule has 1 heterocycles. The third-order valence-corrected chi connectivity index (χ3v) is 9.80. The number of hydrogen-bond donors (Lipinski definition) is 2. The molecule has 1 unspecified atom stereocenters. The molecular formula is C38H46N4O4. The monoisotopic (exact) mass is 622 g/mol. The number of carboxylic acid groups (broad SMARTS) is 1. The van der Waals surface area contributed by atoms with Gasteiger partial charge in [0.05, 0.1) is 13.0 Å². The molecule has 46 heavy (non-hydrogen) atoms. The second-order valence-corrected chi connectivity index (χ2v) is 13.0. The van der Waals surface area contributed by atoms with Crippen LogP contribution < -0.4 is 5.32 Å². The van der Waals surface area contributed by atoms with E-state index in [4.69, 9.17) is 0 Å². The molecule has 8 heteroatoms. The second kappa shape index (κ2) is 15.8. The minimum Gasteiger partial charge on any atom is -0.480 e. The fraction of sp³-hybridized carbons (Fsp3) is 0.447. The molecule has 8 nitrogen and oxygen atoms in total. The van der Waals surface area contributed by atoms with Crippen LogP contribution in [0.1, 0.15) is 80.5 Å². The zero-order valence-electron chi connectivity index (χ0n) is 27.1. The number of amides is 2. The van der Waals surface area contributed by atoms with Crippen LogP contribution in [0.15, 0.2) is 67.0 Å². The number of aromatic nitrogens is 2. The lowest BCUT2D eigenvalue weighted by Crippen LogP contribution is -2.42. The summed E-state index contributed by atoms with van der Waals surface area (Å²) in [5.74, 6) is 1.37. The molecule has 2 aromatic carbocycles. The molecule has 1 fully saturated rings. The van der Waals surface area contributed by atoms with Crippen molar-refractivity contribution in [2.75, 3.05) is 13.1 Å². The first-order chi connectivity index (χ1) is 22.3. The zero-order valence-corrected chi connectivity index (χ0v) is 27.1. The van der Waals surface area contributed by atoms with Crippen LogP contribution in [0.2, 0.25) is 0 Å². The topological polar surface area (TPSA) is 112 Å². The Morgan fingerprint density at radius 2 is 1.54 bits per heavy atom. The van der Waals surface area contributed by atoms with Gasteiger partial charge in [-0.1, -0.05) is 86.4 Å². The summed E-state index contributed by atoms with van der Waals surface area (Å²) in [5.41, 5.74) is 5.98. The summed E-state index contributed by atoms with van der Waals surface area (Å²) in [6.45, 7) is 3.67. The first kappa shape index (κ1) is 33.0. The van der Waals surface area contributed by atoms with E-state index in [-0.39, 0.29) is 25.4 Å². The minimum absolute atomic E-state index is 0.105. The van der Waals surface area contributed by atoms with E-state index in [0.717, 1.165) is 58.4 Å². The molecule has 2 N–H and O–H groups in total. The van der Waals surface area contributed by atoms with E-state index < -0.39 is 18.4 Å². The molecule has 1 atom stereocenters. The van der Waals surface area contributed by atoms with Crippen molar-refractivity contribution in [3.8, 4) is 11.4 Å². The van der Waals surface area contributed by atoms with Crippen molar-refractivity contribution in [2.24, 2.45) is 17.8 Å². The summed E-state index contributed by atoms with van der Waals surface area (Å²) in [7, 11) is 0. The molecule has 242 valence electrons. The summed E-state index contributed by atoms with van der Waals surface area (Å²) in [4.78, 5) is 47.3. The first-order valence-electron chi connectivity index (χ1n) is 16.7. The lowest BCUT2D eigenvalue weighted by atomic mass is 9.71. The quantitative estimate of drug-likeness (QED) is 0.235. The predicted octanol–water partition coefficient (Wildman–Crippen LogP) is 6.62. The van der Waals surface area contributed by atoms with Gasteiger partial charge < -0.3 is 15.3 Å². The summed E-state index contributed by atoms with van der Waals surface area (Å²) >= 11 is 0. The average molecular weight is 623 g/mol. The Hall–Kier alpha value is -4.33. The molecule has 5 rings (SSSR count). The number of aryl methyl sites for hydroxylation is 1. The Morgan fingerprint density at radius 1 is 0.870 bits per heavy atom. The van der Waals surface area contributed by atoms with Crippen LogP contribution in [0.5, 0.6) is 0 Å². The van der Waals surface area contributed by atoms with Crippen LogP contribution in [0.25, 0.3) is 17.0 Å². The van der Waals surface area contributed by atoms with Gasteiger partial charge in [-0.2, -0.15) is 0 Å². The van der Waals surface area contributed by atoms with E-state index in [1.807, 2.05) is 67.8 Å². The van der Waals surface area contributed by atoms with Crippen LogP contribution in [-0.2, 0) is 27.3 Å². The second-order valence-electron chi connectivity index (χ2n) is 13.0. The maximum Gasteiger partial charge on any atom is 0.323 e. The summed E-state index contributed by atoms with van der Waals surface area (Å²) in [6, 6.07) is 15.1. The highest BCUT2D eigenvalue weighted by Crippen LogP contribution is 2.41. The normalized spacial score (nSPS) is 19.6. The van der Waals surface area contributed by atoms with Crippen LogP contribution in [-0.4, -0.2) is 50.8 Å². The van der Waals surface area contributed by atoms with Gasteiger partial charge in [0.25, 0.3) is 0 Å². The maximum absolute atomic E-state index is 12.9. The molecule has 1 aromatic heterocycles. The highest BCUT2D eigenvalue weighted by Gasteiger charge is 2.28. The van der Waals surface area contributed by atoms with E-state index in [9.17, 15) is 19.5 Å². The van der Waals surface area contributed by atoms with Crippen LogP contribution in [0.3, 0.4) is 0 Å². The predicted molar refractivity (Wildman–Crippen MR) is 179 cm³/mol. The number of carbonyl (C=O) groups is 3. The Balaban J connectivity index is 1.13. The molecule has 2 aliphatic rings. The minimum atomic E-state index is -1.12. The van der Waals surface area contributed by atoms with Gasteiger partial charge in [-0.15, -0.1) is 0 Å². The number of aliphatic carboxylic acids is 1. The average Bonchev–Trinajstić information content (AvgIpc) is 3.08. The Morgan fingerprint density at radius 3 is 2.15 bits per heavy atom. The summed E-state index contributed by atoms with van der Waals surface area (Å²) in [6.07, 6.45) is 16.8.